The average molecular weight is 377 g/mol. The number of aromatic nitrogens is 3. The first-order valence-electron chi connectivity index (χ1n) is 6.63. The molecule has 3 aromatic rings. The monoisotopic (exact) mass is 376 g/mol. The first kappa shape index (κ1) is 14.9. The molecule has 1 unspecified atom stereocenters. The van der Waals surface area contributed by atoms with E-state index in [4.69, 9.17) is 0 Å². The van der Waals surface area contributed by atoms with Gasteiger partial charge >= 0.3 is 0 Å². The van der Waals surface area contributed by atoms with Crippen molar-refractivity contribution < 1.29 is 4.79 Å². The number of carbonyl (C=O) groups is 1. The standard InChI is InChI=1S/C15H13BrN4OS/c1-10(19-15(21)12-6-14(16)22-7-12)11-2-4-13(5-3-11)20-9-17-8-18-20/h2-10H,1H3,(H,19,21). The number of hydrogen-bond donors (Lipinski definition) is 1. The maximum Gasteiger partial charge on any atom is 0.252 e. The van der Waals surface area contributed by atoms with Crippen molar-refractivity contribution in [3.8, 4) is 5.69 Å². The summed E-state index contributed by atoms with van der Waals surface area (Å²) >= 11 is 4.86. The quantitative estimate of drug-likeness (QED) is 0.756. The summed E-state index contributed by atoms with van der Waals surface area (Å²) in [7, 11) is 0. The van der Waals surface area contributed by atoms with Gasteiger partial charge < -0.3 is 5.32 Å². The molecule has 0 spiro atoms. The third-order valence-corrected chi connectivity index (χ3v) is 4.76. The molecule has 112 valence electrons. The van der Waals surface area contributed by atoms with E-state index in [1.807, 2.05) is 42.6 Å². The molecule has 3 rings (SSSR count). The van der Waals surface area contributed by atoms with Crippen LogP contribution < -0.4 is 5.32 Å². The van der Waals surface area contributed by atoms with Crippen LogP contribution in [0.2, 0.25) is 0 Å². The largest absolute Gasteiger partial charge is 0.345 e. The molecule has 0 aliphatic heterocycles. The third kappa shape index (κ3) is 3.26. The van der Waals surface area contributed by atoms with Crippen molar-refractivity contribution in [1.29, 1.82) is 0 Å². The summed E-state index contributed by atoms with van der Waals surface area (Å²) in [5.41, 5.74) is 2.64. The lowest BCUT2D eigenvalue weighted by Crippen LogP contribution is -2.26. The Balaban J connectivity index is 1.69. The van der Waals surface area contributed by atoms with Crippen LogP contribution in [0.5, 0.6) is 0 Å². The predicted molar refractivity (Wildman–Crippen MR) is 89.3 cm³/mol. The highest BCUT2D eigenvalue weighted by molar-refractivity contribution is 9.11. The van der Waals surface area contributed by atoms with Gasteiger partial charge in [-0.2, -0.15) is 5.10 Å². The fraction of sp³-hybridized carbons (Fsp3) is 0.133. The first-order valence-corrected chi connectivity index (χ1v) is 8.30. The van der Waals surface area contributed by atoms with Crippen LogP contribution in [0.1, 0.15) is 28.9 Å². The summed E-state index contributed by atoms with van der Waals surface area (Å²) < 4.78 is 2.64. The fourth-order valence-electron chi connectivity index (χ4n) is 2.05. The molecule has 0 aliphatic carbocycles. The Labute approximate surface area is 140 Å². The molecule has 22 heavy (non-hydrogen) atoms. The van der Waals surface area contributed by atoms with Crippen LogP contribution in [-0.4, -0.2) is 20.7 Å². The molecule has 1 atom stereocenters. The maximum atomic E-state index is 12.1. The van der Waals surface area contributed by atoms with Gasteiger partial charge in [0.15, 0.2) is 0 Å². The summed E-state index contributed by atoms with van der Waals surface area (Å²) in [6.45, 7) is 1.96. The van der Waals surface area contributed by atoms with Gasteiger partial charge in [0, 0.05) is 5.38 Å². The lowest BCUT2D eigenvalue weighted by Gasteiger charge is -2.14. The summed E-state index contributed by atoms with van der Waals surface area (Å²) in [6.07, 6.45) is 3.14. The Morgan fingerprint density at radius 2 is 2.14 bits per heavy atom. The van der Waals surface area contributed by atoms with Crippen molar-refractivity contribution in [3.05, 3.63) is 63.3 Å². The highest BCUT2D eigenvalue weighted by Crippen LogP contribution is 2.22. The normalized spacial score (nSPS) is 12.1. The lowest BCUT2D eigenvalue weighted by atomic mass is 10.1. The second-order valence-corrected chi connectivity index (χ2v) is 7.06. The van der Waals surface area contributed by atoms with Crippen molar-refractivity contribution in [3.63, 3.8) is 0 Å². The molecule has 0 aliphatic rings. The Kier molecular flexibility index (Phi) is 4.35. The van der Waals surface area contributed by atoms with Gasteiger partial charge in [0.1, 0.15) is 12.7 Å². The van der Waals surface area contributed by atoms with E-state index in [0.717, 1.165) is 15.0 Å². The molecule has 0 saturated carbocycles. The highest BCUT2D eigenvalue weighted by atomic mass is 79.9. The molecule has 2 aromatic heterocycles. The van der Waals surface area contributed by atoms with Gasteiger partial charge in [0.05, 0.1) is 21.1 Å². The summed E-state index contributed by atoms with van der Waals surface area (Å²) in [5, 5.41) is 8.91. The molecule has 2 heterocycles. The Morgan fingerprint density at radius 1 is 1.36 bits per heavy atom. The molecule has 0 bridgehead atoms. The number of benzene rings is 1. The zero-order valence-corrected chi connectivity index (χ0v) is 14.1. The van der Waals surface area contributed by atoms with E-state index in [9.17, 15) is 4.79 Å². The number of thiophene rings is 1. The van der Waals surface area contributed by atoms with Gasteiger partial charge in [-0.15, -0.1) is 11.3 Å². The molecule has 5 nitrogen and oxygen atoms in total. The zero-order valence-electron chi connectivity index (χ0n) is 11.7. The summed E-state index contributed by atoms with van der Waals surface area (Å²) in [6, 6.07) is 9.61. The van der Waals surface area contributed by atoms with Crippen LogP contribution in [0.15, 0.2) is 52.2 Å². The van der Waals surface area contributed by atoms with Gasteiger partial charge in [-0.05, 0) is 46.6 Å². The van der Waals surface area contributed by atoms with Crippen LogP contribution >= 0.6 is 27.3 Å². The maximum absolute atomic E-state index is 12.1. The lowest BCUT2D eigenvalue weighted by molar-refractivity contribution is 0.0940. The summed E-state index contributed by atoms with van der Waals surface area (Å²) in [4.78, 5) is 16.1. The molecular weight excluding hydrogens is 364 g/mol. The van der Waals surface area contributed by atoms with Crippen molar-refractivity contribution in [1.82, 2.24) is 20.1 Å². The van der Waals surface area contributed by atoms with E-state index >= 15 is 0 Å². The fourth-order valence-corrected chi connectivity index (χ4v) is 3.19. The van der Waals surface area contributed by atoms with Gasteiger partial charge in [-0.25, -0.2) is 9.67 Å². The molecule has 1 N–H and O–H groups in total. The molecular formula is C15H13BrN4OS. The number of carbonyl (C=O) groups excluding carboxylic acids is 1. The SMILES string of the molecule is CC(NC(=O)c1csc(Br)c1)c1ccc(-n2cncn2)cc1. The number of amides is 1. The topological polar surface area (TPSA) is 59.8 Å². The highest BCUT2D eigenvalue weighted by Gasteiger charge is 2.13. The van der Waals surface area contributed by atoms with Gasteiger partial charge in [-0.1, -0.05) is 12.1 Å². The number of halogens is 1. The van der Waals surface area contributed by atoms with E-state index < -0.39 is 0 Å². The molecule has 0 fully saturated rings. The van der Waals surface area contributed by atoms with Crippen LogP contribution in [0.4, 0.5) is 0 Å². The molecule has 1 aromatic carbocycles. The van der Waals surface area contributed by atoms with Crippen LogP contribution in [-0.2, 0) is 0 Å². The molecule has 1 amide bonds. The van der Waals surface area contributed by atoms with Gasteiger partial charge in [0.25, 0.3) is 5.91 Å². The smallest absolute Gasteiger partial charge is 0.252 e. The summed E-state index contributed by atoms with van der Waals surface area (Å²) in [5.74, 6) is -0.0743. The van der Waals surface area contributed by atoms with Crippen molar-refractivity contribution in [2.45, 2.75) is 13.0 Å². The van der Waals surface area contributed by atoms with Crippen LogP contribution in [0.3, 0.4) is 0 Å². The van der Waals surface area contributed by atoms with E-state index in [1.165, 1.54) is 17.7 Å². The number of rotatable bonds is 4. The van der Waals surface area contributed by atoms with Crippen molar-refractivity contribution in [2.24, 2.45) is 0 Å². The molecule has 7 heteroatoms. The van der Waals surface area contributed by atoms with Crippen LogP contribution in [0.25, 0.3) is 5.69 Å². The van der Waals surface area contributed by atoms with Crippen molar-refractivity contribution >= 4 is 33.2 Å². The van der Waals surface area contributed by atoms with Crippen molar-refractivity contribution in [2.75, 3.05) is 0 Å². The third-order valence-electron chi connectivity index (χ3n) is 3.25. The average Bonchev–Trinajstić information content (AvgIpc) is 3.18. The minimum Gasteiger partial charge on any atom is -0.345 e. The van der Waals surface area contributed by atoms with E-state index in [2.05, 4.69) is 31.3 Å². The van der Waals surface area contributed by atoms with Crippen LogP contribution in [0, 0.1) is 0 Å². The zero-order chi connectivity index (χ0) is 15.5. The Bertz CT molecular complexity index is 767. The Morgan fingerprint density at radius 3 is 2.73 bits per heavy atom. The van der Waals surface area contributed by atoms with Gasteiger partial charge in [0.2, 0.25) is 0 Å². The second-order valence-electron chi connectivity index (χ2n) is 4.77. The minimum absolute atomic E-state index is 0.0732. The van der Waals surface area contributed by atoms with E-state index in [0.29, 0.717) is 5.56 Å². The number of nitrogens with zero attached hydrogens (tertiary/aromatic N) is 3. The van der Waals surface area contributed by atoms with E-state index in [-0.39, 0.29) is 11.9 Å². The predicted octanol–water partition coefficient (Wildman–Crippen LogP) is 3.58. The minimum atomic E-state index is -0.0743. The van der Waals surface area contributed by atoms with E-state index in [1.54, 1.807) is 11.0 Å². The Hall–Kier alpha value is -1.99. The van der Waals surface area contributed by atoms with Gasteiger partial charge in [-0.3, -0.25) is 4.79 Å². The first-order chi connectivity index (χ1) is 10.6. The second kappa shape index (κ2) is 6.41. The molecule has 0 radical (unpaired) electrons. The number of nitrogens with one attached hydrogen (secondary N) is 1. The molecule has 0 saturated heterocycles. The number of hydrogen-bond acceptors (Lipinski definition) is 4.